The largest absolute Gasteiger partial charge is 0.480 e. The van der Waals surface area contributed by atoms with Crippen LogP contribution in [0.1, 0.15) is 27.2 Å². The number of nitrogens with zero attached hydrogens (tertiary/aromatic N) is 4. The van der Waals surface area contributed by atoms with Gasteiger partial charge in [-0.2, -0.15) is 0 Å². The molecular formula is C23H26ClN5O5. The number of carboxylic acids is 1. The quantitative estimate of drug-likeness (QED) is 0.483. The highest BCUT2D eigenvalue weighted by Crippen LogP contribution is 2.28. The molecule has 4 rings (SSSR count). The summed E-state index contributed by atoms with van der Waals surface area (Å²) in [7, 11) is 0. The number of hydrogen-bond acceptors (Lipinski definition) is 6. The van der Waals surface area contributed by atoms with Gasteiger partial charge in [0.1, 0.15) is 17.4 Å². The Kier molecular flexibility index (Phi) is 6.13. The maximum Gasteiger partial charge on any atom is 0.328 e. The van der Waals surface area contributed by atoms with E-state index in [4.69, 9.17) is 11.6 Å². The van der Waals surface area contributed by atoms with Crippen LogP contribution in [0.4, 0.5) is 5.82 Å². The first kappa shape index (κ1) is 23.8. The Morgan fingerprint density at radius 2 is 1.94 bits per heavy atom. The molecule has 3 N–H and O–H groups in total. The third-order valence-electron chi connectivity index (χ3n) is 6.00. The fraction of sp³-hybridized carbons (Fsp3) is 0.391. The van der Waals surface area contributed by atoms with Crippen molar-refractivity contribution in [3.63, 3.8) is 0 Å². The summed E-state index contributed by atoms with van der Waals surface area (Å²) < 4.78 is 3.23. The molecule has 0 bridgehead atoms. The smallest absolute Gasteiger partial charge is 0.328 e. The number of nitrogens with one attached hydrogen (secondary N) is 1. The zero-order chi connectivity index (χ0) is 24.8. The van der Waals surface area contributed by atoms with Crippen molar-refractivity contribution >= 4 is 35.1 Å². The maximum atomic E-state index is 13.0. The SMILES string of the molecule is CCn1c(N2C[C@H](O)C[C@H]2C(=O)NC(C)(C)C(=O)O)cc(=O)n2cc(-c3ccc(Cl)cc3)nc12. The van der Waals surface area contributed by atoms with Crippen molar-refractivity contribution in [2.75, 3.05) is 11.4 Å². The fourth-order valence-electron chi connectivity index (χ4n) is 4.14. The van der Waals surface area contributed by atoms with Crippen molar-refractivity contribution in [1.82, 2.24) is 19.3 Å². The predicted octanol–water partition coefficient (Wildman–Crippen LogP) is 1.76. The van der Waals surface area contributed by atoms with Gasteiger partial charge >= 0.3 is 5.97 Å². The van der Waals surface area contributed by atoms with Crippen LogP contribution < -0.4 is 15.8 Å². The van der Waals surface area contributed by atoms with Crippen LogP contribution in [0.25, 0.3) is 17.0 Å². The molecule has 0 saturated carbocycles. The Morgan fingerprint density at radius 3 is 2.56 bits per heavy atom. The third kappa shape index (κ3) is 4.26. The number of imidazole rings is 1. The monoisotopic (exact) mass is 487 g/mol. The van der Waals surface area contributed by atoms with E-state index in [1.165, 1.54) is 24.3 Å². The molecule has 0 radical (unpaired) electrons. The lowest BCUT2D eigenvalue weighted by Gasteiger charge is -2.30. The van der Waals surface area contributed by atoms with E-state index in [1.54, 1.807) is 27.8 Å². The average Bonchev–Trinajstić information content (AvgIpc) is 3.38. The van der Waals surface area contributed by atoms with Crippen molar-refractivity contribution in [1.29, 1.82) is 0 Å². The first-order chi connectivity index (χ1) is 16.0. The molecule has 34 heavy (non-hydrogen) atoms. The van der Waals surface area contributed by atoms with E-state index >= 15 is 0 Å². The lowest BCUT2D eigenvalue weighted by atomic mass is 10.0. The zero-order valence-electron chi connectivity index (χ0n) is 19.0. The van der Waals surface area contributed by atoms with Gasteiger partial charge < -0.3 is 20.4 Å². The minimum absolute atomic E-state index is 0.106. The summed E-state index contributed by atoms with van der Waals surface area (Å²) in [5.74, 6) is -0.895. The number of benzene rings is 1. The number of fused-ring (bicyclic) bond motifs is 1. The van der Waals surface area contributed by atoms with E-state index in [0.29, 0.717) is 28.9 Å². The number of amides is 1. The minimum Gasteiger partial charge on any atom is -0.480 e. The van der Waals surface area contributed by atoms with E-state index in [9.17, 15) is 24.6 Å². The number of aliphatic hydroxyl groups excluding tert-OH is 1. The molecule has 3 aromatic rings. The normalized spacial score (nSPS) is 18.4. The van der Waals surface area contributed by atoms with Crippen LogP contribution in [0, 0.1) is 0 Å². The summed E-state index contributed by atoms with van der Waals surface area (Å²) in [4.78, 5) is 43.8. The number of aliphatic carboxylic acids is 1. The van der Waals surface area contributed by atoms with Crippen LogP contribution >= 0.6 is 11.6 Å². The highest BCUT2D eigenvalue weighted by molar-refractivity contribution is 6.30. The molecular weight excluding hydrogens is 462 g/mol. The van der Waals surface area contributed by atoms with Crippen molar-refractivity contribution in [3.8, 4) is 11.3 Å². The Balaban J connectivity index is 1.78. The van der Waals surface area contributed by atoms with Crippen LogP contribution in [0.15, 0.2) is 41.3 Å². The zero-order valence-corrected chi connectivity index (χ0v) is 19.8. The van der Waals surface area contributed by atoms with E-state index in [-0.39, 0.29) is 18.5 Å². The van der Waals surface area contributed by atoms with Crippen molar-refractivity contribution in [3.05, 3.63) is 51.9 Å². The van der Waals surface area contributed by atoms with Gasteiger partial charge in [0.15, 0.2) is 0 Å². The molecule has 2 atom stereocenters. The van der Waals surface area contributed by atoms with Gasteiger partial charge in [-0.3, -0.25) is 18.6 Å². The molecule has 1 aliphatic rings. The van der Waals surface area contributed by atoms with Crippen LogP contribution in [0.5, 0.6) is 0 Å². The molecule has 1 aliphatic heterocycles. The second-order valence-corrected chi connectivity index (χ2v) is 9.30. The number of halogens is 1. The summed E-state index contributed by atoms with van der Waals surface area (Å²) in [6.45, 7) is 5.23. The predicted molar refractivity (Wildman–Crippen MR) is 127 cm³/mol. The maximum absolute atomic E-state index is 13.0. The number of carbonyl (C=O) groups excluding carboxylic acids is 1. The molecule has 3 heterocycles. The topological polar surface area (TPSA) is 129 Å². The number of hydrogen-bond donors (Lipinski definition) is 3. The molecule has 11 heteroatoms. The number of anilines is 1. The summed E-state index contributed by atoms with van der Waals surface area (Å²) in [6, 6.07) is 7.67. The molecule has 180 valence electrons. The Bertz CT molecular complexity index is 1310. The summed E-state index contributed by atoms with van der Waals surface area (Å²) in [5.41, 5.74) is -0.441. The fourth-order valence-corrected chi connectivity index (χ4v) is 4.27. The van der Waals surface area contributed by atoms with Crippen LogP contribution in [-0.2, 0) is 16.1 Å². The number of rotatable bonds is 6. The number of carbonyl (C=O) groups is 2. The standard InChI is InChI=1S/C23H26ClN5O5/c1-4-27-18(28-11-15(30)9-17(28)20(32)26-23(2,3)21(33)34)10-19(31)29-12-16(25-22(27)29)13-5-7-14(24)8-6-13/h5-8,10,12,15,17,30H,4,9,11H2,1-3H3,(H,26,32)(H,33,34)/t15-,17+/m1/s1. The second-order valence-electron chi connectivity index (χ2n) is 8.87. The van der Waals surface area contributed by atoms with E-state index in [1.807, 2.05) is 19.1 Å². The summed E-state index contributed by atoms with van der Waals surface area (Å²) in [5, 5.41) is 22.8. The molecule has 1 aromatic carbocycles. The Labute approximate surface area is 200 Å². The van der Waals surface area contributed by atoms with Gasteiger partial charge in [0.05, 0.1) is 11.8 Å². The number of aryl methyl sites for hydroxylation is 1. The van der Waals surface area contributed by atoms with Crippen LogP contribution in [0.2, 0.25) is 5.02 Å². The van der Waals surface area contributed by atoms with Crippen LogP contribution in [-0.4, -0.2) is 60.3 Å². The highest BCUT2D eigenvalue weighted by Gasteiger charge is 2.40. The number of aliphatic hydroxyl groups is 1. The van der Waals surface area contributed by atoms with Gasteiger partial charge in [-0.05, 0) is 32.9 Å². The van der Waals surface area contributed by atoms with Crippen molar-refractivity contribution < 1.29 is 19.8 Å². The summed E-state index contributed by atoms with van der Waals surface area (Å²) >= 11 is 5.98. The Hall–Kier alpha value is -3.37. The second kappa shape index (κ2) is 8.77. The van der Waals surface area contributed by atoms with Gasteiger partial charge in [-0.15, -0.1) is 0 Å². The molecule has 1 fully saturated rings. The first-order valence-electron chi connectivity index (χ1n) is 10.9. The van der Waals surface area contributed by atoms with Crippen LogP contribution in [0.3, 0.4) is 0 Å². The number of β-amino-alcohol motifs (C(OH)–C–C–N with tert-alkyl or cyclic N) is 1. The van der Waals surface area contributed by atoms with Crippen molar-refractivity contribution in [2.24, 2.45) is 0 Å². The van der Waals surface area contributed by atoms with Gasteiger partial charge in [0.2, 0.25) is 11.7 Å². The molecule has 2 aromatic heterocycles. The molecule has 0 spiro atoms. The minimum atomic E-state index is -1.48. The molecule has 1 saturated heterocycles. The third-order valence-corrected chi connectivity index (χ3v) is 6.25. The Morgan fingerprint density at radius 1 is 1.26 bits per heavy atom. The lowest BCUT2D eigenvalue weighted by Crippen LogP contribution is -2.55. The van der Waals surface area contributed by atoms with E-state index < -0.39 is 29.6 Å². The van der Waals surface area contributed by atoms with Gasteiger partial charge in [-0.25, -0.2) is 9.78 Å². The number of aromatic nitrogens is 3. The first-order valence-corrected chi connectivity index (χ1v) is 11.3. The lowest BCUT2D eigenvalue weighted by molar-refractivity contribution is -0.146. The van der Waals surface area contributed by atoms with Crippen molar-refractivity contribution in [2.45, 2.75) is 51.4 Å². The molecule has 1 amide bonds. The van der Waals surface area contributed by atoms with Gasteiger partial charge in [-0.1, -0.05) is 23.7 Å². The van der Waals surface area contributed by atoms with Gasteiger partial charge in [0, 0.05) is 42.4 Å². The molecule has 0 aliphatic carbocycles. The summed E-state index contributed by atoms with van der Waals surface area (Å²) in [6.07, 6.45) is 0.939. The van der Waals surface area contributed by atoms with E-state index in [0.717, 1.165) is 5.56 Å². The molecule has 10 nitrogen and oxygen atoms in total. The number of carboxylic acid groups (broad SMARTS) is 1. The molecule has 0 unspecified atom stereocenters. The van der Waals surface area contributed by atoms with Gasteiger partial charge in [0.25, 0.3) is 5.56 Å². The average molecular weight is 488 g/mol. The highest BCUT2D eigenvalue weighted by atomic mass is 35.5. The van der Waals surface area contributed by atoms with E-state index in [2.05, 4.69) is 10.3 Å².